The molecule has 1 N–H and O–H groups in total. The first-order valence-electron chi connectivity index (χ1n) is 7.28. The molecular formula is C18H21NO3. The Labute approximate surface area is 131 Å². The molecule has 116 valence electrons. The number of rotatable bonds is 5. The number of amides is 1. The smallest absolute Gasteiger partial charge is 0.257 e. The van der Waals surface area contributed by atoms with Crippen LogP contribution in [-0.2, 0) is 6.54 Å². The Morgan fingerprint density at radius 2 is 1.86 bits per heavy atom. The Kier molecular flexibility index (Phi) is 5.04. The van der Waals surface area contributed by atoms with E-state index >= 15 is 0 Å². The number of aryl methyl sites for hydroxylation is 1. The van der Waals surface area contributed by atoms with Gasteiger partial charge in [-0.2, -0.15) is 0 Å². The normalized spacial score (nSPS) is 10.3. The number of carbonyl (C=O) groups excluding carboxylic acids is 1. The van der Waals surface area contributed by atoms with Gasteiger partial charge in [0.25, 0.3) is 5.91 Å². The molecule has 2 rings (SSSR count). The summed E-state index contributed by atoms with van der Waals surface area (Å²) in [5.74, 6) is 0.631. The second kappa shape index (κ2) is 6.98. The van der Waals surface area contributed by atoms with Gasteiger partial charge in [0.15, 0.2) is 0 Å². The summed E-state index contributed by atoms with van der Waals surface area (Å²) in [6.45, 7) is 4.91. The molecule has 2 aromatic rings. The third-order valence-corrected chi connectivity index (χ3v) is 3.38. The maximum Gasteiger partial charge on any atom is 0.257 e. The molecule has 0 fully saturated rings. The molecule has 0 spiro atoms. The van der Waals surface area contributed by atoms with Crippen molar-refractivity contribution in [2.24, 2.45) is 0 Å². The van der Waals surface area contributed by atoms with Crippen LogP contribution in [0.3, 0.4) is 0 Å². The van der Waals surface area contributed by atoms with Gasteiger partial charge in [-0.3, -0.25) is 4.79 Å². The summed E-state index contributed by atoms with van der Waals surface area (Å²) in [6, 6.07) is 12.7. The van der Waals surface area contributed by atoms with Gasteiger partial charge in [0, 0.05) is 13.6 Å². The van der Waals surface area contributed by atoms with Crippen molar-refractivity contribution in [2.45, 2.75) is 20.4 Å². The lowest BCUT2D eigenvalue weighted by Gasteiger charge is -2.18. The highest BCUT2D eigenvalue weighted by Gasteiger charge is 2.16. The van der Waals surface area contributed by atoms with Crippen molar-refractivity contribution in [1.29, 1.82) is 0 Å². The maximum atomic E-state index is 12.4. The first-order valence-corrected chi connectivity index (χ1v) is 7.28. The van der Waals surface area contributed by atoms with Crippen LogP contribution >= 0.6 is 0 Å². The molecule has 0 heterocycles. The molecule has 0 radical (unpaired) electrons. The Balaban J connectivity index is 2.07. The van der Waals surface area contributed by atoms with E-state index in [9.17, 15) is 9.90 Å². The molecule has 0 aliphatic rings. The van der Waals surface area contributed by atoms with E-state index in [-0.39, 0.29) is 11.7 Å². The van der Waals surface area contributed by atoms with Crippen LogP contribution in [0.25, 0.3) is 0 Å². The fourth-order valence-electron chi connectivity index (χ4n) is 2.23. The van der Waals surface area contributed by atoms with Gasteiger partial charge in [0.1, 0.15) is 11.5 Å². The Morgan fingerprint density at radius 3 is 2.45 bits per heavy atom. The van der Waals surface area contributed by atoms with E-state index in [1.54, 1.807) is 24.1 Å². The lowest BCUT2D eigenvalue weighted by Crippen LogP contribution is -2.26. The second-order valence-corrected chi connectivity index (χ2v) is 5.26. The molecule has 0 atom stereocenters. The van der Waals surface area contributed by atoms with E-state index in [0.29, 0.717) is 18.7 Å². The molecule has 0 aliphatic carbocycles. The van der Waals surface area contributed by atoms with Crippen molar-refractivity contribution in [1.82, 2.24) is 4.90 Å². The minimum absolute atomic E-state index is 0.0172. The van der Waals surface area contributed by atoms with Gasteiger partial charge in [0.05, 0.1) is 12.2 Å². The van der Waals surface area contributed by atoms with Gasteiger partial charge in [-0.25, -0.2) is 0 Å². The standard InChI is InChI=1S/C18H21NO3/c1-4-22-15-8-6-14(7-9-15)12-19(3)18(21)16-10-5-13(2)11-17(16)20/h5-11,20H,4,12H2,1-3H3. The fraction of sp³-hybridized carbons (Fsp3) is 0.278. The maximum absolute atomic E-state index is 12.4. The molecule has 4 heteroatoms. The molecule has 0 unspecified atom stereocenters. The summed E-state index contributed by atoms with van der Waals surface area (Å²) in [6.07, 6.45) is 0. The van der Waals surface area contributed by atoms with Crippen LogP contribution in [0.2, 0.25) is 0 Å². The SMILES string of the molecule is CCOc1ccc(CN(C)C(=O)c2ccc(C)cc2O)cc1. The van der Waals surface area contributed by atoms with Crippen LogP contribution < -0.4 is 4.74 Å². The fourth-order valence-corrected chi connectivity index (χ4v) is 2.23. The van der Waals surface area contributed by atoms with E-state index < -0.39 is 0 Å². The molecule has 0 bridgehead atoms. The highest BCUT2D eigenvalue weighted by atomic mass is 16.5. The monoisotopic (exact) mass is 299 g/mol. The van der Waals surface area contributed by atoms with Crippen LogP contribution in [0.5, 0.6) is 11.5 Å². The van der Waals surface area contributed by atoms with Crippen molar-refractivity contribution in [2.75, 3.05) is 13.7 Å². The number of aromatic hydroxyl groups is 1. The van der Waals surface area contributed by atoms with E-state index in [4.69, 9.17) is 4.74 Å². The van der Waals surface area contributed by atoms with E-state index in [0.717, 1.165) is 16.9 Å². The molecule has 0 saturated heterocycles. The van der Waals surface area contributed by atoms with Crippen LogP contribution in [0.15, 0.2) is 42.5 Å². The number of benzene rings is 2. The number of hydrogen-bond donors (Lipinski definition) is 1. The highest BCUT2D eigenvalue weighted by molar-refractivity contribution is 5.96. The molecule has 22 heavy (non-hydrogen) atoms. The second-order valence-electron chi connectivity index (χ2n) is 5.26. The summed E-state index contributed by atoms with van der Waals surface area (Å²) < 4.78 is 5.40. The Morgan fingerprint density at radius 1 is 1.18 bits per heavy atom. The minimum Gasteiger partial charge on any atom is -0.507 e. The Hall–Kier alpha value is -2.49. The van der Waals surface area contributed by atoms with Gasteiger partial charge in [-0.15, -0.1) is 0 Å². The van der Waals surface area contributed by atoms with Crippen molar-refractivity contribution < 1.29 is 14.6 Å². The van der Waals surface area contributed by atoms with Crippen molar-refractivity contribution in [3.8, 4) is 11.5 Å². The first-order chi connectivity index (χ1) is 10.5. The number of phenols is 1. The van der Waals surface area contributed by atoms with E-state index in [1.165, 1.54) is 0 Å². The molecule has 4 nitrogen and oxygen atoms in total. The first kappa shape index (κ1) is 15.9. The van der Waals surface area contributed by atoms with Gasteiger partial charge in [-0.1, -0.05) is 18.2 Å². The van der Waals surface area contributed by atoms with Crippen LogP contribution in [0, 0.1) is 6.92 Å². The highest BCUT2D eigenvalue weighted by Crippen LogP contribution is 2.21. The van der Waals surface area contributed by atoms with Gasteiger partial charge >= 0.3 is 0 Å². The molecule has 1 amide bonds. The average Bonchev–Trinajstić information content (AvgIpc) is 2.49. The van der Waals surface area contributed by atoms with E-state index in [2.05, 4.69) is 0 Å². The van der Waals surface area contributed by atoms with Crippen LogP contribution in [0.4, 0.5) is 0 Å². The van der Waals surface area contributed by atoms with Gasteiger partial charge in [-0.05, 0) is 49.2 Å². The summed E-state index contributed by atoms with van der Waals surface area (Å²) in [5.41, 5.74) is 2.24. The number of hydrogen-bond acceptors (Lipinski definition) is 3. The van der Waals surface area contributed by atoms with Gasteiger partial charge in [0.2, 0.25) is 0 Å². The number of carbonyl (C=O) groups is 1. The zero-order valence-electron chi connectivity index (χ0n) is 13.2. The number of ether oxygens (including phenoxy) is 1. The average molecular weight is 299 g/mol. The minimum atomic E-state index is -0.202. The predicted molar refractivity (Wildman–Crippen MR) is 86.3 cm³/mol. The Bertz CT molecular complexity index is 650. The third-order valence-electron chi connectivity index (χ3n) is 3.38. The molecule has 0 saturated carbocycles. The number of nitrogens with zero attached hydrogens (tertiary/aromatic N) is 1. The quantitative estimate of drug-likeness (QED) is 0.921. The van der Waals surface area contributed by atoms with E-state index in [1.807, 2.05) is 44.2 Å². The molecule has 2 aromatic carbocycles. The van der Waals surface area contributed by atoms with Crippen molar-refractivity contribution in [3.63, 3.8) is 0 Å². The predicted octanol–water partition coefficient (Wildman–Crippen LogP) is 3.37. The zero-order chi connectivity index (χ0) is 16.1. The topological polar surface area (TPSA) is 49.8 Å². The summed E-state index contributed by atoms with van der Waals surface area (Å²) in [5, 5.41) is 9.91. The third kappa shape index (κ3) is 3.79. The van der Waals surface area contributed by atoms with Crippen molar-refractivity contribution in [3.05, 3.63) is 59.2 Å². The summed E-state index contributed by atoms with van der Waals surface area (Å²) in [7, 11) is 1.72. The summed E-state index contributed by atoms with van der Waals surface area (Å²) >= 11 is 0. The number of phenolic OH excluding ortho intramolecular Hbond substituents is 1. The van der Waals surface area contributed by atoms with Crippen LogP contribution in [-0.4, -0.2) is 29.6 Å². The van der Waals surface area contributed by atoms with Crippen molar-refractivity contribution >= 4 is 5.91 Å². The lowest BCUT2D eigenvalue weighted by atomic mass is 10.1. The van der Waals surface area contributed by atoms with Crippen LogP contribution in [0.1, 0.15) is 28.4 Å². The largest absolute Gasteiger partial charge is 0.507 e. The van der Waals surface area contributed by atoms with Gasteiger partial charge < -0.3 is 14.7 Å². The molecule has 0 aliphatic heterocycles. The zero-order valence-corrected chi connectivity index (χ0v) is 13.2. The molecule has 0 aromatic heterocycles. The lowest BCUT2D eigenvalue weighted by molar-refractivity contribution is 0.0782. The molecular weight excluding hydrogens is 278 g/mol. The summed E-state index contributed by atoms with van der Waals surface area (Å²) in [4.78, 5) is 14.0.